The number of methoxy groups -OCH3 is 1. The average Bonchev–Trinajstić information content (AvgIpc) is 2.56. The van der Waals surface area contributed by atoms with Gasteiger partial charge in [-0.3, -0.25) is 4.90 Å². The van der Waals surface area contributed by atoms with Crippen molar-refractivity contribution in [3.8, 4) is 5.75 Å². The summed E-state index contributed by atoms with van der Waals surface area (Å²) in [5, 5.41) is 3.44. The van der Waals surface area contributed by atoms with Crippen LogP contribution in [0.25, 0.3) is 0 Å². The third kappa shape index (κ3) is 3.77. The van der Waals surface area contributed by atoms with Gasteiger partial charge in [0.15, 0.2) is 0 Å². The smallest absolute Gasteiger partial charge is 0.124 e. The van der Waals surface area contributed by atoms with Crippen LogP contribution in [0.3, 0.4) is 0 Å². The molecule has 0 radical (unpaired) electrons. The van der Waals surface area contributed by atoms with Crippen molar-refractivity contribution in [2.75, 3.05) is 33.3 Å². The van der Waals surface area contributed by atoms with Gasteiger partial charge in [-0.15, -0.1) is 0 Å². The standard InChI is InChI=1S/C19H23BrN2O/c1-14-4-3-5-15(12-14)19(22-10-8-21-9-11-22)17-13-16(20)6-7-18(17)23-2/h3-7,12-13,19,21H,8-11H2,1-2H3. The predicted octanol–water partition coefficient (Wildman–Crippen LogP) is 3.76. The topological polar surface area (TPSA) is 24.5 Å². The first kappa shape index (κ1) is 16.5. The Morgan fingerprint density at radius 3 is 2.61 bits per heavy atom. The van der Waals surface area contributed by atoms with Crippen molar-refractivity contribution in [1.29, 1.82) is 0 Å². The summed E-state index contributed by atoms with van der Waals surface area (Å²) in [7, 11) is 1.75. The molecule has 0 saturated carbocycles. The minimum absolute atomic E-state index is 0.212. The Balaban J connectivity index is 2.09. The molecule has 3 rings (SSSR count). The van der Waals surface area contributed by atoms with Gasteiger partial charge in [-0.1, -0.05) is 45.8 Å². The molecule has 1 heterocycles. The van der Waals surface area contributed by atoms with Gasteiger partial charge in [-0.05, 0) is 30.7 Å². The lowest BCUT2D eigenvalue weighted by Gasteiger charge is -2.36. The van der Waals surface area contributed by atoms with Gasteiger partial charge >= 0.3 is 0 Å². The van der Waals surface area contributed by atoms with E-state index in [-0.39, 0.29) is 6.04 Å². The van der Waals surface area contributed by atoms with Crippen LogP contribution in [0.5, 0.6) is 5.75 Å². The highest BCUT2D eigenvalue weighted by Crippen LogP contribution is 2.36. The van der Waals surface area contributed by atoms with Crippen molar-refractivity contribution in [3.05, 3.63) is 63.6 Å². The van der Waals surface area contributed by atoms with Crippen molar-refractivity contribution >= 4 is 15.9 Å². The van der Waals surface area contributed by atoms with Gasteiger partial charge in [0, 0.05) is 36.2 Å². The van der Waals surface area contributed by atoms with E-state index >= 15 is 0 Å². The number of piperazine rings is 1. The Morgan fingerprint density at radius 1 is 1.13 bits per heavy atom. The monoisotopic (exact) mass is 374 g/mol. The van der Waals surface area contributed by atoms with Crippen LogP contribution in [0.15, 0.2) is 46.9 Å². The van der Waals surface area contributed by atoms with Crippen molar-refractivity contribution < 1.29 is 4.74 Å². The van der Waals surface area contributed by atoms with E-state index < -0.39 is 0 Å². The number of halogens is 1. The molecule has 1 N–H and O–H groups in total. The zero-order valence-electron chi connectivity index (χ0n) is 13.7. The zero-order valence-corrected chi connectivity index (χ0v) is 15.3. The van der Waals surface area contributed by atoms with E-state index in [9.17, 15) is 0 Å². The number of nitrogens with one attached hydrogen (secondary N) is 1. The van der Waals surface area contributed by atoms with Crippen LogP contribution in [-0.4, -0.2) is 38.2 Å². The highest BCUT2D eigenvalue weighted by atomic mass is 79.9. The highest BCUT2D eigenvalue weighted by Gasteiger charge is 2.26. The molecule has 2 aromatic carbocycles. The molecule has 0 spiro atoms. The Bertz CT molecular complexity index is 668. The van der Waals surface area contributed by atoms with Crippen molar-refractivity contribution in [1.82, 2.24) is 10.2 Å². The minimum atomic E-state index is 0.212. The summed E-state index contributed by atoms with van der Waals surface area (Å²) in [4.78, 5) is 2.54. The number of benzene rings is 2. The fourth-order valence-electron chi connectivity index (χ4n) is 3.29. The lowest BCUT2D eigenvalue weighted by molar-refractivity contribution is 0.195. The lowest BCUT2D eigenvalue weighted by atomic mass is 9.94. The van der Waals surface area contributed by atoms with E-state index in [1.807, 2.05) is 12.1 Å². The van der Waals surface area contributed by atoms with Gasteiger partial charge in [0.05, 0.1) is 13.2 Å². The Labute approximate surface area is 146 Å². The van der Waals surface area contributed by atoms with Crippen LogP contribution >= 0.6 is 15.9 Å². The third-order valence-electron chi connectivity index (χ3n) is 4.36. The Kier molecular flexibility index (Phi) is 5.36. The maximum absolute atomic E-state index is 5.66. The van der Waals surface area contributed by atoms with Crippen LogP contribution in [0.2, 0.25) is 0 Å². The highest BCUT2D eigenvalue weighted by molar-refractivity contribution is 9.10. The van der Waals surface area contributed by atoms with E-state index in [0.29, 0.717) is 0 Å². The van der Waals surface area contributed by atoms with Gasteiger partial charge < -0.3 is 10.1 Å². The molecule has 4 heteroatoms. The second kappa shape index (κ2) is 7.47. The van der Waals surface area contributed by atoms with Gasteiger partial charge in [-0.2, -0.15) is 0 Å². The van der Waals surface area contributed by atoms with Crippen LogP contribution < -0.4 is 10.1 Å². The maximum atomic E-state index is 5.66. The van der Waals surface area contributed by atoms with E-state index in [1.54, 1.807) is 7.11 Å². The van der Waals surface area contributed by atoms with Crippen LogP contribution in [0.4, 0.5) is 0 Å². The zero-order chi connectivity index (χ0) is 16.2. The molecule has 1 aliphatic rings. The summed E-state index contributed by atoms with van der Waals surface area (Å²) < 4.78 is 6.75. The number of aryl methyl sites for hydroxylation is 1. The minimum Gasteiger partial charge on any atom is -0.496 e. The second-order valence-corrected chi connectivity index (χ2v) is 6.90. The first-order valence-corrected chi connectivity index (χ1v) is 8.83. The second-order valence-electron chi connectivity index (χ2n) is 5.99. The number of hydrogen-bond donors (Lipinski definition) is 1. The van der Waals surface area contributed by atoms with E-state index in [0.717, 1.165) is 36.4 Å². The normalized spacial score (nSPS) is 17.0. The van der Waals surface area contributed by atoms with Crippen molar-refractivity contribution in [2.24, 2.45) is 0 Å². The molecule has 1 fully saturated rings. The molecule has 0 aromatic heterocycles. The van der Waals surface area contributed by atoms with Crippen LogP contribution in [0.1, 0.15) is 22.7 Å². The van der Waals surface area contributed by atoms with Gasteiger partial charge in [-0.25, -0.2) is 0 Å². The van der Waals surface area contributed by atoms with Crippen molar-refractivity contribution in [3.63, 3.8) is 0 Å². The molecule has 0 amide bonds. The molecule has 3 nitrogen and oxygen atoms in total. The molecule has 1 atom stereocenters. The quantitative estimate of drug-likeness (QED) is 0.881. The molecule has 1 unspecified atom stereocenters. The molecular formula is C19H23BrN2O. The van der Waals surface area contributed by atoms with Crippen LogP contribution in [0, 0.1) is 6.92 Å². The molecule has 122 valence electrons. The van der Waals surface area contributed by atoms with E-state index in [4.69, 9.17) is 4.74 Å². The molecule has 1 saturated heterocycles. The van der Waals surface area contributed by atoms with Gasteiger partial charge in [0.2, 0.25) is 0 Å². The summed E-state index contributed by atoms with van der Waals surface area (Å²) in [5.41, 5.74) is 3.83. The largest absolute Gasteiger partial charge is 0.496 e. The number of nitrogens with zero attached hydrogens (tertiary/aromatic N) is 1. The van der Waals surface area contributed by atoms with Gasteiger partial charge in [0.1, 0.15) is 5.75 Å². The van der Waals surface area contributed by atoms with Crippen LogP contribution in [-0.2, 0) is 0 Å². The van der Waals surface area contributed by atoms with E-state index in [2.05, 4.69) is 63.4 Å². The fourth-order valence-corrected chi connectivity index (χ4v) is 3.67. The SMILES string of the molecule is COc1ccc(Br)cc1C(c1cccc(C)c1)N1CCNCC1. The lowest BCUT2D eigenvalue weighted by Crippen LogP contribution is -2.45. The molecule has 23 heavy (non-hydrogen) atoms. The molecule has 0 bridgehead atoms. The number of ether oxygens (including phenoxy) is 1. The number of hydrogen-bond acceptors (Lipinski definition) is 3. The summed E-state index contributed by atoms with van der Waals surface area (Å²) in [6.45, 7) is 6.27. The number of rotatable bonds is 4. The molecule has 1 aliphatic heterocycles. The molecule has 0 aliphatic carbocycles. The van der Waals surface area contributed by atoms with E-state index in [1.165, 1.54) is 16.7 Å². The Hall–Kier alpha value is -1.36. The maximum Gasteiger partial charge on any atom is 0.124 e. The average molecular weight is 375 g/mol. The van der Waals surface area contributed by atoms with Gasteiger partial charge in [0.25, 0.3) is 0 Å². The summed E-state index contributed by atoms with van der Waals surface area (Å²) in [6.07, 6.45) is 0. The first-order chi connectivity index (χ1) is 11.2. The summed E-state index contributed by atoms with van der Waals surface area (Å²) in [6, 6.07) is 15.3. The Morgan fingerprint density at radius 2 is 1.91 bits per heavy atom. The molecular weight excluding hydrogens is 352 g/mol. The fraction of sp³-hybridized carbons (Fsp3) is 0.368. The third-order valence-corrected chi connectivity index (χ3v) is 4.85. The van der Waals surface area contributed by atoms with Crippen molar-refractivity contribution in [2.45, 2.75) is 13.0 Å². The molecule has 2 aromatic rings. The first-order valence-electron chi connectivity index (χ1n) is 8.04. The summed E-state index contributed by atoms with van der Waals surface area (Å²) >= 11 is 3.62. The summed E-state index contributed by atoms with van der Waals surface area (Å²) in [5.74, 6) is 0.943. The predicted molar refractivity (Wildman–Crippen MR) is 98.2 cm³/mol.